The second-order valence-corrected chi connectivity index (χ2v) is 3.48. The number of rotatable bonds is 0. The maximum absolute atomic E-state index is 8.67. The van der Waals surface area contributed by atoms with Crippen LogP contribution in [0.3, 0.4) is 0 Å². The smallest absolute Gasteiger partial charge is 0.0627 e. The molecule has 2 bridgehead atoms. The van der Waals surface area contributed by atoms with Crippen molar-refractivity contribution in [3.05, 3.63) is 0 Å². The van der Waals surface area contributed by atoms with Gasteiger partial charge >= 0.3 is 0 Å². The molecule has 2 rings (SSSR count). The van der Waals surface area contributed by atoms with E-state index in [4.69, 9.17) is 5.21 Å². The van der Waals surface area contributed by atoms with Gasteiger partial charge in [0.05, 0.1) is 5.71 Å². The second-order valence-electron chi connectivity index (χ2n) is 3.48. The molecular weight excluding hydrogens is 140 g/mol. The Kier molecular flexibility index (Phi) is 1.82. The summed E-state index contributed by atoms with van der Waals surface area (Å²) in [5.74, 6) is 0.558. The molecule has 2 atom stereocenters. The van der Waals surface area contributed by atoms with E-state index in [1.807, 2.05) is 0 Å². The lowest BCUT2D eigenvalue weighted by Crippen LogP contribution is -2.44. The Balaban J connectivity index is 2.08. The van der Waals surface area contributed by atoms with Crippen LogP contribution < -0.4 is 0 Å². The Morgan fingerprint density at radius 1 is 1.45 bits per heavy atom. The van der Waals surface area contributed by atoms with E-state index >= 15 is 0 Å². The molecular formula is C8H14N2O. The fourth-order valence-corrected chi connectivity index (χ4v) is 2.14. The summed E-state index contributed by atoms with van der Waals surface area (Å²) in [6, 6.07) is 0. The first-order chi connectivity index (χ1) is 5.40. The molecule has 2 aliphatic rings. The number of nitrogens with zero attached hydrogens (tertiary/aromatic N) is 2. The molecule has 62 valence electrons. The number of hydrogen-bond donors (Lipinski definition) is 1. The van der Waals surface area contributed by atoms with Gasteiger partial charge < -0.3 is 10.1 Å². The number of piperidine rings is 2. The van der Waals surface area contributed by atoms with Gasteiger partial charge in [-0.3, -0.25) is 0 Å². The van der Waals surface area contributed by atoms with Gasteiger partial charge in [-0.25, -0.2) is 0 Å². The average molecular weight is 154 g/mol. The molecule has 0 saturated carbocycles. The van der Waals surface area contributed by atoms with Crippen molar-refractivity contribution in [2.75, 3.05) is 19.6 Å². The van der Waals surface area contributed by atoms with Crippen LogP contribution in [0.2, 0.25) is 0 Å². The van der Waals surface area contributed by atoms with E-state index in [1.54, 1.807) is 0 Å². The van der Waals surface area contributed by atoms with Crippen LogP contribution in [-0.2, 0) is 0 Å². The number of hydrogen-bond acceptors (Lipinski definition) is 3. The van der Waals surface area contributed by atoms with Crippen molar-refractivity contribution in [2.45, 2.75) is 19.3 Å². The van der Waals surface area contributed by atoms with Gasteiger partial charge in [0.2, 0.25) is 0 Å². The van der Waals surface area contributed by atoms with Gasteiger partial charge in [-0.2, -0.15) is 0 Å². The molecule has 0 aromatic heterocycles. The van der Waals surface area contributed by atoms with Crippen LogP contribution in [0.4, 0.5) is 0 Å². The van der Waals surface area contributed by atoms with Crippen LogP contribution in [0.25, 0.3) is 0 Å². The van der Waals surface area contributed by atoms with Crippen molar-refractivity contribution >= 4 is 5.71 Å². The molecule has 2 unspecified atom stereocenters. The lowest BCUT2D eigenvalue weighted by Gasteiger charge is -2.37. The van der Waals surface area contributed by atoms with Crippen molar-refractivity contribution in [1.29, 1.82) is 0 Å². The highest BCUT2D eigenvalue weighted by Crippen LogP contribution is 2.23. The largest absolute Gasteiger partial charge is 0.411 e. The Labute approximate surface area is 66.7 Å². The van der Waals surface area contributed by atoms with E-state index in [1.165, 1.54) is 19.4 Å². The Bertz CT molecular complexity index is 179. The van der Waals surface area contributed by atoms with E-state index in [0.29, 0.717) is 5.92 Å². The third-order valence-electron chi connectivity index (χ3n) is 2.79. The predicted octanol–water partition coefficient (Wildman–Crippen LogP) is 0.932. The normalized spacial score (nSPS) is 40.9. The van der Waals surface area contributed by atoms with Gasteiger partial charge in [0, 0.05) is 25.4 Å². The van der Waals surface area contributed by atoms with Gasteiger partial charge in [-0.15, -0.1) is 0 Å². The SMILES string of the molecule is O/N=C1\CCN2CCCC1C2. The molecule has 0 amide bonds. The highest BCUT2D eigenvalue weighted by molar-refractivity contribution is 5.87. The minimum atomic E-state index is 0.558. The lowest BCUT2D eigenvalue weighted by atomic mass is 9.88. The van der Waals surface area contributed by atoms with Crippen molar-refractivity contribution in [1.82, 2.24) is 4.90 Å². The number of oxime groups is 1. The van der Waals surface area contributed by atoms with Crippen molar-refractivity contribution in [3.8, 4) is 0 Å². The number of fused-ring (bicyclic) bond motifs is 2. The molecule has 1 N–H and O–H groups in total. The third-order valence-corrected chi connectivity index (χ3v) is 2.79. The molecule has 2 aliphatic heterocycles. The summed E-state index contributed by atoms with van der Waals surface area (Å²) in [4.78, 5) is 2.46. The fraction of sp³-hybridized carbons (Fsp3) is 0.875. The zero-order valence-corrected chi connectivity index (χ0v) is 6.66. The zero-order chi connectivity index (χ0) is 7.68. The van der Waals surface area contributed by atoms with Crippen LogP contribution >= 0.6 is 0 Å². The molecule has 3 nitrogen and oxygen atoms in total. The van der Waals surface area contributed by atoms with Crippen molar-refractivity contribution in [2.24, 2.45) is 11.1 Å². The van der Waals surface area contributed by atoms with Crippen LogP contribution in [-0.4, -0.2) is 35.5 Å². The van der Waals surface area contributed by atoms with Gasteiger partial charge in [-0.05, 0) is 19.4 Å². The van der Waals surface area contributed by atoms with E-state index < -0.39 is 0 Å². The summed E-state index contributed by atoms with van der Waals surface area (Å²) in [5.41, 5.74) is 1.03. The predicted molar refractivity (Wildman–Crippen MR) is 43.0 cm³/mol. The Morgan fingerprint density at radius 3 is 3.18 bits per heavy atom. The van der Waals surface area contributed by atoms with Crippen LogP contribution in [0.1, 0.15) is 19.3 Å². The van der Waals surface area contributed by atoms with Crippen LogP contribution in [0, 0.1) is 5.92 Å². The van der Waals surface area contributed by atoms with Crippen LogP contribution in [0.15, 0.2) is 5.16 Å². The lowest BCUT2D eigenvalue weighted by molar-refractivity contribution is 0.183. The molecule has 3 heteroatoms. The molecule has 0 aromatic rings. The summed E-state index contributed by atoms with van der Waals surface area (Å²) in [7, 11) is 0. The third kappa shape index (κ3) is 1.25. The van der Waals surface area contributed by atoms with Gasteiger partial charge in [-0.1, -0.05) is 5.16 Å². The van der Waals surface area contributed by atoms with Gasteiger partial charge in [0.25, 0.3) is 0 Å². The summed E-state index contributed by atoms with van der Waals surface area (Å²) in [6.45, 7) is 3.46. The summed E-state index contributed by atoms with van der Waals surface area (Å²) in [6.07, 6.45) is 3.46. The van der Waals surface area contributed by atoms with E-state index in [2.05, 4.69) is 10.1 Å². The topological polar surface area (TPSA) is 35.8 Å². The summed E-state index contributed by atoms with van der Waals surface area (Å²) in [5, 5.41) is 12.0. The minimum absolute atomic E-state index is 0.558. The monoisotopic (exact) mass is 154 g/mol. The van der Waals surface area contributed by atoms with E-state index in [-0.39, 0.29) is 0 Å². The highest BCUT2D eigenvalue weighted by Gasteiger charge is 2.28. The first-order valence-electron chi connectivity index (χ1n) is 4.33. The first kappa shape index (κ1) is 7.10. The maximum Gasteiger partial charge on any atom is 0.0627 e. The second kappa shape index (κ2) is 2.81. The van der Waals surface area contributed by atoms with E-state index in [9.17, 15) is 0 Å². The van der Waals surface area contributed by atoms with Gasteiger partial charge in [0.15, 0.2) is 0 Å². The molecule has 2 heterocycles. The molecule has 0 aliphatic carbocycles. The van der Waals surface area contributed by atoms with E-state index in [0.717, 1.165) is 25.2 Å². The zero-order valence-electron chi connectivity index (χ0n) is 6.66. The molecule has 0 radical (unpaired) electrons. The van der Waals surface area contributed by atoms with Crippen LogP contribution in [0.5, 0.6) is 0 Å². The summed E-state index contributed by atoms with van der Waals surface area (Å²) < 4.78 is 0. The molecule has 11 heavy (non-hydrogen) atoms. The maximum atomic E-state index is 8.67. The Hall–Kier alpha value is -0.570. The Morgan fingerprint density at radius 2 is 2.36 bits per heavy atom. The highest BCUT2D eigenvalue weighted by atomic mass is 16.4. The molecule has 2 fully saturated rings. The molecule has 0 spiro atoms. The van der Waals surface area contributed by atoms with Gasteiger partial charge in [0.1, 0.15) is 0 Å². The quantitative estimate of drug-likeness (QED) is 0.416. The van der Waals surface area contributed by atoms with Crippen molar-refractivity contribution in [3.63, 3.8) is 0 Å². The standard InChI is InChI=1S/C8H14N2O/c11-9-8-3-5-10-4-1-2-7(8)6-10/h7,11H,1-6H2/b9-8+. The average Bonchev–Trinajstić information content (AvgIpc) is 2.06. The van der Waals surface area contributed by atoms with Crippen molar-refractivity contribution < 1.29 is 5.21 Å². The molecule has 2 saturated heterocycles. The molecule has 0 aromatic carbocycles. The summed E-state index contributed by atoms with van der Waals surface area (Å²) >= 11 is 0. The first-order valence-corrected chi connectivity index (χ1v) is 4.33. The fourth-order valence-electron chi connectivity index (χ4n) is 2.14. The minimum Gasteiger partial charge on any atom is -0.411 e.